The third-order valence-corrected chi connectivity index (χ3v) is 3.32. The van der Waals surface area contributed by atoms with Crippen LogP contribution in [0.5, 0.6) is 5.75 Å². The van der Waals surface area contributed by atoms with Crippen LogP contribution in [0.2, 0.25) is 0 Å². The van der Waals surface area contributed by atoms with Crippen LogP contribution in [0.3, 0.4) is 0 Å². The zero-order valence-electron chi connectivity index (χ0n) is 11.4. The zero-order chi connectivity index (χ0) is 13.0. The molecule has 100 valence electrons. The van der Waals surface area contributed by atoms with E-state index in [1.54, 1.807) is 0 Å². The maximum absolute atomic E-state index is 5.95. The van der Waals surface area contributed by atoms with Crippen molar-refractivity contribution in [3.8, 4) is 5.75 Å². The van der Waals surface area contributed by atoms with Gasteiger partial charge in [0.1, 0.15) is 5.75 Å². The highest BCUT2D eigenvalue weighted by Crippen LogP contribution is 2.30. The molecule has 0 amide bonds. The largest absolute Gasteiger partial charge is 0.491 e. The lowest BCUT2D eigenvalue weighted by Gasteiger charge is -2.33. The number of hydrogen-bond donors (Lipinski definition) is 1. The number of benzene rings is 1. The Morgan fingerprint density at radius 1 is 1.28 bits per heavy atom. The second-order valence-corrected chi connectivity index (χ2v) is 5.50. The molecule has 2 rings (SSSR count). The van der Waals surface area contributed by atoms with E-state index in [2.05, 4.69) is 36.9 Å². The Hall–Kier alpha value is -1.22. The van der Waals surface area contributed by atoms with E-state index in [0.29, 0.717) is 12.0 Å². The summed E-state index contributed by atoms with van der Waals surface area (Å²) in [6.45, 7) is 7.17. The van der Waals surface area contributed by atoms with Crippen molar-refractivity contribution < 1.29 is 4.74 Å². The second kappa shape index (κ2) is 6.10. The molecule has 2 N–H and O–H groups in total. The molecule has 0 aliphatic carbocycles. The fourth-order valence-corrected chi connectivity index (χ4v) is 2.24. The Labute approximate surface area is 110 Å². The highest BCUT2D eigenvalue weighted by atomic mass is 16.5. The van der Waals surface area contributed by atoms with Gasteiger partial charge in [-0.1, -0.05) is 26.0 Å². The van der Waals surface area contributed by atoms with Crippen LogP contribution in [0.4, 0.5) is 5.69 Å². The first-order valence-corrected chi connectivity index (χ1v) is 6.89. The fraction of sp³-hybridized carbons (Fsp3) is 0.600. The molecule has 0 atom stereocenters. The molecule has 1 aromatic carbocycles. The summed E-state index contributed by atoms with van der Waals surface area (Å²) in [5.41, 5.74) is 7.17. The topological polar surface area (TPSA) is 38.5 Å². The molecule has 1 aliphatic rings. The van der Waals surface area contributed by atoms with Crippen molar-refractivity contribution in [1.29, 1.82) is 0 Å². The van der Waals surface area contributed by atoms with Gasteiger partial charge < -0.3 is 15.4 Å². The molecular formula is C15H24N2O. The fourth-order valence-electron chi connectivity index (χ4n) is 2.24. The first-order valence-electron chi connectivity index (χ1n) is 6.89. The standard InChI is InChI=1S/C15H24N2O/c1-12(2)11-18-15-6-4-3-5-14(15)17-9-7-13(16)8-10-17/h3-6,12-13H,7-11,16H2,1-2H3. The summed E-state index contributed by atoms with van der Waals surface area (Å²) in [6.07, 6.45) is 2.14. The van der Waals surface area contributed by atoms with Crippen molar-refractivity contribution in [3.05, 3.63) is 24.3 Å². The minimum atomic E-state index is 0.366. The molecule has 0 radical (unpaired) electrons. The number of nitrogens with zero attached hydrogens (tertiary/aromatic N) is 1. The summed E-state index contributed by atoms with van der Waals surface area (Å²) < 4.78 is 5.91. The van der Waals surface area contributed by atoms with Gasteiger partial charge in [-0.05, 0) is 30.9 Å². The van der Waals surface area contributed by atoms with Gasteiger partial charge >= 0.3 is 0 Å². The van der Waals surface area contributed by atoms with Gasteiger partial charge in [0.2, 0.25) is 0 Å². The summed E-state index contributed by atoms with van der Waals surface area (Å²) in [5.74, 6) is 1.55. The smallest absolute Gasteiger partial charge is 0.142 e. The van der Waals surface area contributed by atoms with Crippen molar-refractivity contribution in [1.82, 2.24) is 0 Å². The van der Waals surface area contributed by atoms with E-state index < -0.39 is 0 Å². The Kier molecular flexibility index (Phi) is 4.48. The number of rotatable bonds is 4. The number of piperidine rings is 1. The van der Waals surface area contributed by atoms with Crippen LogP contribution in [-0.4, -0.2) is 25.7 Å². The summed E-state index contributed by atoms with van der Waals surface area (Å²) in [5, 5.41) is 0. The van der Waals surface area contributed by atoms with Crippen LogP contribution in [0.1, 0.15) is 26.7 Å². The number of nitrogens with two attached hydrogens (primary N) is 1. The van der Waals surface area contributed by atoms with Crippen molar-refractivity contribution >= 4 is 5.69 Å². The van der Waals surface area contributed by atoms with Crippen LogP contribution in [0, 0.1) is 5.92 Å². The van der Waals surface area contributed by atoms with E-state index in [0.717, 1.165) is 38.3 Å². The summed E-state index contributed by atoms with van der Waals surface area (Å²) >= 11 is 0. The predicted molar refractivity (Wildman–Crippen MR) is 76.2 cm³/mol. The van der Waals surface area contributed by atoms with E-state index in [1.165, 1.54) is 5.69 Å². The molecule has 3 nitrogen and oxygen atoms in total. The Balaban J connectivity index is 2.07. The SMILES string of the molecule is CC(C)COc1ccccc1N1CCC(N)CC1. The molecule has 1 heterocycles. The third-order valence-electron chi connectivity index (χ3n) is 3.32. The normalized spacial score (nSPS) is 17.2. The molecular weight excluding hydrogens is 224 g/mol. The van der Waals surface area contributed by atoms with Gasteiger partial charge in [-0.2, -0.15) is 0 Å². The number of para-hydroxylation sites is 2. The second-order valence-electron chi connectivity index (χ2n) is 5.50. The van der Waals surface area contributed by atoms with E-state index >= 15 is 0 Å². The Morgan fingerprint density at radius 3 is 2.61 bits per heavy atom. The van der Waals surface area contributed by atoms with Gasteiger partial charge in [0.25, 0.3) is 0 Å². The molecule has 3 heteroatoms. The Bertz CT molecular complexity index is 371. The quantitative estimate of drug-likeness (QED) is 0.890. The Morgan fingerprint density at radius 2 is 1.94 bits per heavy atom. The van der Waals surface area contributed by atoms with Gasteiger partial charge in [0, 0.05) is 19.1 Å². The first-order chi connectivity index (χ1) is 8.66. The average Bonchev–Trinajstić information content (AvgIpc) is 2.38. The van der Waals surface area contributed by atoms with Gasteiger partial charge in [-0.25, -0.2) is 0 Å². The molecule has 18 heavy (non-hydrogen) atoms. The molecule has 1 aromatic rings. The zero-order valence-corrected chi connectivity index (χ0v) is 11.4. The molecule has 1 aliphatic heterocycles. The van der Waals surface area contributed by atoms with E-state index in [4.69, 9.17) is 10.5 Å². The lowest BCUT2D eigenvalue weighted by atomic mass is 10.1. The van der Waals surface area contributed by atoms with Crippen LogP contribution < -0.4 is 15.4 Å². The van der Waals surface area contributed by atoms with Crippen LogP contribution >= 0.6 is 0 Å². The molecule has 1 saturated heterocycles. The van der Waals surface area contributed by atoms with Crippen molar-refractivity contribution in [2.45, 2.75) is 32.7 Å². The maximum atomic E-state index is 5.95. The number of anilines is 1. The molecule has 0 saturated carbocycles. The van der Waals surface area contributed by atoms with Crippen LogP contribution in [0.25, 0.3) is 0 Å². The van der Waals surface area contributed by atoms with Crippen LogP contribution in [0.15, 0.2) is 24.3 Å². The first kappa shape index (κ1) is 13.2. The predicted octanol–water partition coefficient (Wildman–Crippen LogP) is 2.65. The van der Waals surface area contributed by atoms with Gasteiger partial charge in [-0.3, -0.25) is 0 Å². The van der Waals surface area contributed by atoms with Gasteiger partial charge in [0.05, 0.1) is 12.3 Å². The van der Waals surface area contributed by atoms with E-state index in [-0.39, 0.29) is 0 Å². The maximum Gasteiger partial charge on any atom is 0.142 e. The lowest BCUT2D eigenvalue weighted by Crippen LogP contribution is -2.39. The summed E-state index contributed by atoms with van der Waals surface area (Å²) in [7, 11) is 0. The van der Waals surface area contributed by atoms with Crippen molar-refractivity contribution in [2.24, 2.45) is 11.7 Å². The summed E-state index contributed by atoms with van der Waals surface area (Å²) in [6, 6.07) is 8.68. The van der Waals surface area contributed by atoms with Gasteiger partial charge in [0.15, 0.2) is 0 Å². The number of hydrogen-bond acceptors (Lipinski definition) is 3. The monoisotopic (exact) mass is 248 g/mol. The molecule has 0 aromatic heterocycles. The number of ether oxygens (including phenoxy) is 1. The lowest BCUT2D eigenvalue weighted by molar-refractivity contribution is 0.271. The van der Waals surface area contributed by atoms with E-state index in [9.17, 15) is 0 Å². The minimum absolute atomic E-state index is 0.366. The van der Waals surface area contributed by atoms with Crippen molar-refractivity contribution in [2.75, 3.05) is 24.6 Å². The molecule has 0 unspecified atom stereocenters. The minimum Gasteiger partial charge on any atom is -0.491 e. The van der Waals surface area contributed by atoms with Crippen LogP contribution in [-0.2, 0) is 0 Å². The molecule has 0 spiro atoms. The highest BCUT2D eigenvalue weighted by molar-refractivity contribution is 5.58. The van der Waals surface area contributed by atoms with Crippen molar-refractivity contribution in [3.63, 3.8) is 0 Å². The van der Waals surface area contributed by atoms with Gasteiger partial charge in [-0.15, -0.1) is 0 Å². The molecule has 1 fully saturated rings. The highest BCUT2D eigenvalue weighted by Gasteiger charge is 2.18. The molecule has 0 bridgehead atoms. The average molecular weight is 248 g/mol. The third kappa shape index (κ3) is 3.39. The van der Waals surface area contributed by atoms with E-state index in [1.807, 2.05) is 6.07 Å². The summed E-state index contributed by atoms with van der Waals surface area (Å²) in [4.78, 5) is 2.39.